The summed E-state index contributed by atoms with van der Waals surface area (Å²) in [6, 6.07) is 1.57. The minimum absolute atomic E-state index is 0.157. The highest BCUT2D eigenvalue weighted by atomic mass is 16.6. The van der Waals surface area contributed by atoms with Gasteiger partial charge in [0.15, 0.2) is 17.2 Å². The summed E-state index contributed by atoms with van der Waals surface area (Å²) in [6.07, 6.45) is 0. The van der Waals surface area contributed by atoms with Gasteiger partial charge in [-0.15, -0.1) is 0 Å². The summed E-state index contributed by atoms with van der Waals surface area (Å²) in [4.78, 5) is 11.7. The second-order valence-electron chi connectivity index (χ2n) is 3.39. The Morgan fingerprint density at radius 1 is 1.35 bits per heavy atom. The van der Waals surface area contributed by atoms with Gasteiger partial charge >= 0.3 is 5.97 Å². The molecule has 0 fully saturated rings. The van der Waals surface area contributed by atoms with Crippen molar-refractivity contribution in [2.45, 2.75) is 0 Å². The average molecular weight is 239 g/mol. The second-order valence-corrected chi connectivity index (χ2v) is 3.39. The van der Waals surface area contributed by atoms with Crippen LogP contribution in [0.15, 0.2) is 6.07 Å². The van der Waals surface area contributed by atoms with Crippen molar-refractivity contribution in [2.24, 2.45) is 0 Å². The highest BCUT2D eigenvalue weighted by Crippen LogP contribution is 2.43. The Labute approximate surface area is 98.2 Å². The molecule has 6 heteroatoms. The summed E-state index contributed by atoms with van der Waals surface area (Å²) >= 11 is 0. The van der Waals surface area contributed by atoms with Crippen molar-refractivity contribution in [3.8, 4) is 17.2 Å². The number of hydrogen-bond donors (Lipinski definition) is 1. The topological polar surface area (TPSA) is 80.0 Å². The Morgan fingerprint density at radius 3 is 2.71 bits per heavy atom. The molecule has 1 aliphatic rings. The van der Waals surface area contributed by atoms with E-state index in [9.17, 15) is 4.79 Å². The third-order valence-electron chi connectivity index (χ3n) is 2.41. The number of nitrogens with two attached hydrogens (primary N) is 1. The Hall–Kier alpha value is -2.11. The van der Waals surface area contributed by atoms with E-state index in [1.807, 2.05) is 0 Å². The monoisotopic (exact) mass is 239 g/mol. The Morgan fingerprint density at radius 2 is 2.06 bits per heavy atom. The molecule has 0 spiro atoms. The van der Waals surface area contributed by atoms with Gasteiger partial charge in [-0.05, 0) is 0 Å². The summed E-state index contributed by atoms with van der Waals surface area (Å²) in [7, 11) is 2.70. The van der Waals surface area contributed by atoms with E-state index in [1.165, 1.54) is 14.2 Å². The molecule has 1 heterocycles. The van der Waals surface area contributed by atoms with E-state index in [-0.39, 0.29) is 11.3 Å². The third kappa shape index (κ3) is 1.82. The van der Waals surface area contributed by atoms with Crippen LogP contribution in [-0.2, 0) is 4.74 Å². The third-order valence-corrected chi connectivity index (χ3v) is 2.41. The number of carbonyl (C=O) groups excluding carboxylic acids is 1. The quantitative estimate of drug-likeness (QED) is 0.608. The van der Waals surface area contributed by atoms with E-state index < -0.39 is 5.97 Å². The molecule has 0 saturated heterocycles. The first kappa shape index (κ1) is 11.4. The van der Waals surface area contributed by atoms with Gasteiger partial charge in [-0.3, -0.25) is 0 Å². The molecule has 1 aromatic carbocycles. The molecule has 0 aliphatic carbocycles. The van der Waals surface area contributed by atoms with Crippen LogP contribution in [0.25, 0.3) is 0 Å². The predicted molar refractivity (Wildman–Crippen MR) is 59.7 cm³/mol. The molecular formula is C11H13NO5. The van der Waals surface area contributed by atoms with Crippen molar-refractivity contribution >= 4 is 11.7 Å². The lowest BCUT2D eigenvalue weighted by Gasteiger charge is -2.22. The van der Waals surface area contributed by atoms with E-state index >= 15 is 0 Å². The summed E-state index contributed by atoms with van der Waals surface area (Å²) < 4.78 is 20.6. The van der Waals surface area contributed by atoms with Crippen LogP contribution in [0.5, 0.6) is 17.2 Å². The summed E-state index contributed by atoms with van der Waals surface area (Å²) in [5.74, 6) is 0.404. The van der Waals surface area contributed by atoms with Crippen molar-refractivity contribution in [2.75, 3.05) is 33.2 Å². The molecular weight excluding hydrogens is 226 g/mol. The first-order valence-corrected chi connectivity index (χ1v) is 5.03. The van der Waals surface area contributed by atoms with Gasteiger partial charge in [-0.2, -0.15) is 0 Å². The summed E-state index contributed by atoms with van der Waals surface area (Å²) in [5.41, 5.74) is 6.24. The van der Waals surface area contributed by atoms with Crippen molar-refractivity contribution in [1.29, 1.82) is 0 Å². The summed E-state index contributed by atoms with van der Waals surface area (Å²) in [6.45, 7) is 0.781. The highest BCUT2D eigenvalue weighted by Gasteiger charge is 2.28. The van der Waals surface area contributed by atoms with E-state index in [0.29, 0.717) is 30.4 Å². The van der Waals surface area contributed by atoms with E-state index in [2.05, 4.69) is 4.74 Å². The van der Waals surface area contributed by atoms with Gasteiger partial charge in [0.05, 0.1) is 19.9 Å². The van der Waals surface area contributed by atoms with Gasteiger partial charge in [-0.25, -0.2) is 4.79 Å². The molecule has 0 bridgehead atoms. The Kier molecular flexibility index (Phi) is 2.95. The molecule has 0 amide bonds. The maximum atomic E-state index is 11.7. The highest BCUT2D eigenvalue weighted by molar-refractivity contribution is 5.99. The molecule has 1 aliphatic heterocycles. The first-order valence-electron chi connectivity index (χ1n) is 5.03. The molecule has 17 heavy (non-hydrogen) atoms. The molecule has 0 atom stereocenters. The second kappa shape index (κ2) is 4.40. The average Bonchev–Trinajstić information content (AvgIpc) is 2.36. The molecule has 0 saturated carbocycles. The number of methoxy groups -OCH3 is 2. The number of carbonyl (C=O) groups is 1. The lowest BCUT2D eigenvalue weighted by Crippen LogP contribution is -2.19. The molecule has 2 N–H and O–H groups in total. The smallest absolute Gasteiger partial charge is 0.345 e. The lowest BCUT2D eigenvalue weighted by atomic mass is 10.1. The molecule has 6 nitrogen and oxygen atoms in total. The first-order chi connectivity index (χ1) is 8.19. The van der Waals surface area contributed by atoms with Crippen LogP contribution in [0.3, 0.4) is 0 Å². The van der Waals surface area contributed by atoms with E-state index in [1.54, 1.807) is 6.07 Å². The Bertz CT molecular complexity index is 458. The van der Waals surface area contributed by atoms with Gasteiger partial charge < -0.3 is 24.7 Å². The number of nitrogen functional groups attached to an aromatic ring is 1. The lowest BCUT2D eigenvalue weighted by molar-refractivity contribution is 0.0586. The van der Waals surface area contributed by atoms with Crippen molar-refractivity contribution < 1.29 is 23.7 Å². The molecule has 92 valence electrons. The van der Waals surface area contributed by atoms with Gasteiger partial charge in [-0.1, -0.05) is 0 Å². The fraction of sp³-hybridized carbons (Fsp3) is 0.364. The molecule has 0 aromatic heterocycles. The molecule has 0 unspecified atom stereocenters. The Balaban J connectivity index is 2.65. The van der Waals surface area contributed by atoms with Crippen LogP contribution < -0.4 is 19.9 Å². The number of hydrogen-bond acceptors (Lipinski definition) is 6. The van der Waals surface area contributed by atoms with E-state index in [4.69, 9.17) is 19.9 Å². The number of ether oxygens (including phenoxy) is 4. The van der Waals surface area contributed by atoms with Crippen LogP contribution in [0.1, 0.15) is 10.4 Å². The molecule has 0 radical (unpaired) electrons. The van der Waals surface area contributed by atoms with Gasteiger partial charge in [0.2, 0.25) is 0 Å². The number of benzene rings is 1. The van der Waals surface area contributed by atoms with Crippen molar-refractivity contribution in [3.63, 3.8) is 0 Å². The maximum Gasteiger partial charge on any atom is 0.345 e. The van der Waals surface area contributed by atoms with Crippen molar-refractivity contribution in [1.82, 2.24) is 0 Å². The summed E-state index contributed by atoms with van der Waals surface area (Å²) in [5, 5.41) is 0. The maximum absolute atomic E-state index is 11.7. The minimum atomic E-state index is -0.573. The number of rotatable bonds is 2. The van der Waals surface area contributed by atoms with Crippen LogP contribution in [0.4, 0.5) is 5.69 Å². The fourth-order valence-corrected chi connectivity index (χ4v) is 1.70. The zero-order chi connectivity index (χ0) is 12.4. The van der Waals surface area contributed by atoms with Gasteiger partial charge in [0, 0.05) is 6.07 Å². The fourth-order valence-electron chi connectivity index (χ4n) is 1.70. The minimum Gasteiger partial charge on any atom is -0.494 e. The standard InChI is InChI=1S/C11H13NO5/c1-14-9-6(12)5-7-10(17-4-3-16-7)8(9)11(13)15-2/h5H,3-4,12H2,1-2H3. The SMILES string of the molecule is COC(=O)c1c(OC)c(N)cc2c1OCCO2. The van der Waals surface area contributed by atoms with Gasteiger partial charge in [0.1, 0.15) is 18.8 Å². The van der Waals surface area contributed by atoms with Crippen LogP contribution in [0.2, 0.25) is 0 Å². The predicted octanol–water partition coefficient (Wildman–Crippen LogP) is 0.835. The van der Waals surface area contributed by atoms with Gasteiger partial charge in [0.25, 0.3) is 0 Å². The molecule has 2 rings (SSSR count). The zero-order valence-corrected chi connectivity index (χ0v) is 9.61. The van der Waals surface area contributed by atoms with E-state index in [0.717, 1.165) is 0 Å². The largest absolute Gasteiger partial charge is 0.494 e. The molecule has 1 aromatic rings. The normalized spacial score (nSPS) is 13.1. The van der Waals surface area contributed by atoms with Crippen molar-refractivity contribution in [3.05, 3.63) is 11.6 Å². The van der Waals surface area contributed by atoms with Crippen LogP contribution >= 0.6 is 0 Å². The zero-order valence-electron chi connectivity index (χ0n) is 9.61. The van der Waals surface area contributed by atoms with Crippen LogP contribution in [-0.4, -0.2) is 33.4 Å². The van der Waals surface area contributed by atoms with Crippen LogP contribution in [0, 0.1) is 0 Å². The number of anilines is 1. The number of fused-ring (bicyclic) bond motifs is 1. The number of esters is 1.